The summed E-state index contributed by atoms with van der Waals surface area (Å²) in [5, 5.41) is 16.6. The van der Waals surface area contributed by atoms with Crippen molar-refractivity contribution in [3.63, 3.8) is 0 Å². The Hall–Kier alpha value is -0.860. The highest BCUT2D eigenvalue weighted by Crippen LogP contribution is 2.28. The molecule has 88 valence electrons. The Bertz CT molecular complexity index is 542. The van der Waals surface area contributed by atoms with Gasteiger partial charge >= 0.3 is 5.97 Å². The minimum absolute atomic E-state index is 0.200. The molecular formula is C7H5Cl2NO5S. The third-order valence-corrected chi connectivity index (χ3v) is 3.56. The molecule has 0 aliphatic heterocycles. The fourth-order valence-corrected chi connectivity index (χ4v) is 2.40. The molecule has 0 heterocycles. The highest BCUT2D eigenvalue weighted by Gasteiger charge is 2.21. The summed E-state index contributed by atoms with van der Waals surface area (Å²) in [4.78, 5) is 11.2. The number of rotatable bonds is 3. The first kappa shape index (κ1) is 13.2. The van der Waals surface area contributed by atoms with Crippen molar-refractivity contribution in [1.29, 1.82) is 0 Å². The Morgan fingerprint density at radius 3 is 2.25 bits per heavy atom. The van der Waals surface area contributed by atoms with Gasteiger partial charge in [0.05, 0.1) is 15.6 Å². The number of hydrogen-bond donors (Lipinski definition) is 3. The van der Waals surface area contributed by atoms with E-state index in [9.17, 15) is 13.2 Å². The van der Waals surface area contributed by atoms with Crippen LogP contribution in [-0.2, 0) is 10.0 Å². The molecular weight excluding hydrogens is 281 g/mol. The molecule has 0 aliphatic rings. The summed E-state index contributed by atoms with van der Waals surface area (Å²) in [7, 11) is -4.25. The monoisotopic (exact) mass is 285 g/mol. The Labute approximate surface area is 100 Å². The first-order chi connectivity index (χ1) is 7.29. The molecule has 16 heavy (non-hydrogen) atoms. The summed E-state index contributed by atoms with van der Waals surface area (Å²) >= 11 is 11.1. The largest absolute Gasteiger partial charge is 0.478 e. The van der Waals surface area contributed by atoms with Gasteiger partial charge in [-0.05, 0) is 12.1 Å². The molecule has 1 aromatic carbocycles. The minimum Gasteiger partial charge on any atom is -0.478 e. The highest BCUT2D eigenvalue weighted by atomic mass is 35.5. The summed E-state index contributed by atoms with van der Waals surface area (Å²) in [5.74, 6) is -1.41. The number of carboxylic acids is 1. The van der Waals surface area contributed by atoms with E-state index in [1.54, 1.807) is 0 Å². The molecule has 0 radical (unpaired) electrons. The lowest BCUT2D eigenvalue weighted by molar-refractivity contribution is 0.0697. The second-order valence-corrected chi connectivity index (χ2v) is 5.11. The maximum absolute atomic E-state index is 11.2. The van der Waals surface area contributed by atoms with Crippen LogP contribution in [0.5, 0.6) is 0 Å². The van der Waals surface area contributed by atoms with Crippen LogP contribution in [0.2, 0.25) is 10.0 Å². The Morgan fingerprint density at radius 1 is 1.25 bits per heavy atom. The van der Waals surface area contributed by atoms with Crippen molar-refractivity contribution >= 4 is 39.2 Å². The Morgan fingerprint density at radius 2 is 1.81 bits per heavy atom. The number of aromatic carboxylic acids is 1. The van der Waals surface area contributed by atoms with Crippen LogP contribution < -0.4 is 4.89 Å². The standard InChI is InChI=1S/C7H5Cl2NO5S/c8-4-2-5(9)6(16(14,15)10-13)1-3(4)7(11)12/h1-2,10,13H,(H,11,12). The molecule has 0 unspecified atom stereocenters. The van der Waals surface area contributed by atoms with E-state index in [0.29, 0.717) is 0 Å². The van der Waals surface area contributed by atoms with E-state index in [1.807, 2.05) is 0 Å². The molecule has 0 saturated heterocycles. The van der Waals surface area contributed by atoms with Gasteiger partial charge in [0.2, 0.25) is 0 Å². The van der Waals surface area contributed by atoms with Gasteiger partial charge < -0.3 is 10.3 Å². The van der Waals surface area contributed by atoms with Crippen LogP contribution in [0.1, 0.15) is 10.4 Å². The topological polar surface area (TPSA) is 104 Å². The predicted octanol–water partition coefficient (Wildman–Crippen LogP) is 1.36. The van der Waals surface area contributed by atoms with E-state index in [1.165, 1.54) is 0 Å². The number of benzene rings is 1. The van der Waals surface area contributed by atoms with E-state index < -0.39 is 26.5 Å². The average molecular weight is 286 g/mol. The molecule has 6 nitrogen and oxygen atoms in total. The number of carboxylic acid groups (broad SMARTS) is 1. The van der Waals surface area contributed by atoms with Gasteiger partial charge in [-0.2, -0.15) is 0 Å². The molecule has 0 bridgehead atoms. The summed E-state index contributed by atoms with van der Waals surface area (Å²) in [6.07, 6.45) is 0. The summed E-state index contributed by atoms with van der Waals surface area (Å²) < 4.78 is 22.5. The van der Waals surface area contributed by atoms with E-state index >= 15 is 0 Å². The van der Waals surface area contributed by atoms with Crippen LogP contribution in [-0.4, -0.2) is 24.7 Å². The van der Waals surface area contributed by atoms with E-state index in [4.69, 9.17) is 33.5 Å². The number of carbonyl (C=O) groups is 1. The van der Waals surface area contributed by atoms with Gasteiger partial charge in [0.25, 0.3) is 10.0 Å². The van der Waals surface area contributed by atoms with Gasteiger partial charge in [-0.1, -0.05) is 28.1 Å². The zero-order valence-corrected chi connectivity index (χ0v) is 9.77. The van der Waals surface area contributed by atoms with Crippen molar-refractivity contribution in [1.82, 2.24) is 4.89 Å². The number of sulfonamides is 1. The molecule has 1 rings (SSSR count). The van der Waals surface area contributed by atoms with Gasteiger partial charge in [-0.25, -0.2) is 13.2 Å². The average Bonchev–Trinajstić information content (AvgIpc) is 2.16. The molecule has 0 fully saturated rings. The van der Waals surface area contributed by atoms with Gasteiger partial charge in [0.15, 0.2) is 0 Å². The number of hydrogen-bond acceptors (Lipinski definition) is 4. The van der Waals surface area contributed by atoms with Gasteiger partial charge in [0, 0.05) is 0 Å². The lowest BCUT2D eigenvalue weighted by Crippen LogP contribution is -2.20. The molecule has 0 spiro atoms. The van der Waals surface area contributed by atoms with E-state index in [-0.39, 0.29) is 10.0 Å². The van der Waals surface area contributed by atoms with Gasteiger partial charge in [-0.15, -0.1) is 0 Å². The molecule has 1 aromatic rings. The molecule has 0 aromatic heterocycles. The van der Waals surface area contributed by atoms with Crippen molar-refractivity contribution in [2.75, 3.05) is 0 Å². The highest BCUT2D eigenvalue weighted by molar-refractivity contribution is 7.89. The first-order valence-electron chi connectivity index (χ1n) is 3.68. The molecule has 9 heteroatoms. The quantitative estimate of drug-likeness (QED) is 0.728. The normalized spacial score (nSPS) is 11.4. The molecule has 0 amide bonds. The molecule has 0 atom stereocenters. The van der Waals surface area contributed by atoms with Crippen molar-refractivity contribution < 1.29 is 23.5 Å². The Kier molecular flexibility index (Phi) is 3.76. The smallest absolute Gasteiger partial charge is 0.337 e. The fourth-order valence-electron chi connectivity index (χ4n) is 0.948. The van der Waals surface area contributed by atoms with Crippen LogP contribution in [0.15, 0.2) is 17.0 Å². The predicted molar refractivity (Wildman–Crippen MR) is 55.5 cm³/mol. The maximum Gasteiger partial charge on any atom is 0.337 e. The molecule has 0 saturated carbocycles. The summed E-state index contributed by atoms with van der Waals surface area (Å²) in [5.41, 5.74) is -0.431. The van der Waals surface area contributed by atoms with Gasteiger partial charge in [-0.3, -0.25) is 0 Å². The number of halogens is 2. The second-order valence-electron chi connectivity index (χ2n) is 2.66. The van der Waals surface area contributed by atoms with Crippen molar-refractivity contribution in [3.8, 4) is 0 Å². The van der Waals surface area contributed by atoms with E-state index in [0.717, 1.165) is 17.0 Å². The van der Waals surface area contributed by atoms with Crippen LogP contribution in [0.25, 0.3) is 0 Å². The summed E-state index contributed by atoms with van der Waals surface area (Å²) in [6.45, 7) is 0. The first-order valence-corrected chi connectivity index (χ1v) is 5.91. The number of nitrogens with one attached hydrogen (secondary N) is 1. The van der Waals surface area contributed by atoms with Crippen molar-refractivity contribution in [2.24, 2.45) is 0 Å². The third kappa shape index (κ3) is 2.45. The lowest BCUT2D eigenvalue weighted by atomic mass is 10.2. The molecule has 0 aliphatic carbocycles. The van der Waals surface area contributed by atoms with Crippen LogP contribution in [0, 0.1) is 0 Å². The van der Waals surface area contributed by atoms with Crippen LogP contribution in [0.4, 0.5) is 0 Å². The van der Waals surface area contributed by atoms with Crippen LogP contribution in [0.3, 0.4) is 0 Å². The minimum atomic E-state index is -4.25. The van der Waals surface area contributed by atoms with Gasteiger partial charge in [0.1, 0.15) is 4.90 Å². The maximum atomic E-state index is 11.2. The second kappa shape index (κ2) is 4.56. The van der Waals surface area contributed by atoms with Crippen molar-refractivity contribution in [2.45, 2.75) is 4.90 Å². The zero-order valence-electron chi connectivity index (χ0n) is 7.44. The van der Waals surface area contributed by atoms with E-state index in [2.05, 4.69) is 0 Å². The molecule has 3 N–H and O–H groups in total. The fraction of sp³-hybridized carbons (Fsp3) is 0. The lowest BCUT2D eigenvalue weighted by Gasteiger charge is -2.06. The Balaban J connectivity index is 3.55. The summed E-state index contributed by atoms with van der Waals surface area (Å²) in [6, 6.07) is 1.72. The van der Waals surface area contributed by atoms with Crippen LogP contribution >= 0.6 is 23.2 Å². The zero-order chi connectivity index (χ0) is 12.5. The third-order valence-electron chi connectivity index (χ3n) is 1.66. The van der Waals surface area contributed by atoms with Crippen molar-refractivity contribution in [3.05, 3.63) is 27.7 Å². The SMILES string of the molecule is O=C(O)c1cc(S(=O)(=O)NO)c(Cl)cc1Cl.